The summed E-state index contributed by atoms with van der Waals surface area (Å²) in [5.74, 6) is -0.870. The number of nitrogens with one attached hydrogen (secondary N) is 1. The molecule has 1 aromatic heterocycles. The quantitative estimate of drug-likeness (QED) is 0.527. The predicted octanol–water partition coefficient (Wildman–Crippen LogP) is 4.06. The van der Waals surface area contributed by atoms with Crippen LogP contribution in [0.1, 0.15) is 28.9 Å². The fraction of sp³-hybridized carbons (Fsp3) is 0.217. The van der Waals surface area contributed by atoms with Crippen molar-refractivity contribution in [3.63, 3.8) is 0 Å². The third kappa shape index (κ3) is 5.15. The Balaban J connectivity index is 1.25. The molecule has 3 aromatic rings. The molecule has 0 atom stereocenters. The fourth-order valence-corrected chi connectivity index (χ4v) is 4.43. The first kappa shape index (κ1) is 22.0. The summed E-state index contributed by atoms with van der Waals surface area (Å²) < 4.78 is 5.21. The van der Waals surface area contributed by atoms with E-state index in [9.17, 15) is 14.4 Å². The molecule has 1 N–H and O–H groups in total. The molecule has 1 saturated heterocycles. The molecule has 32 heavy (non-hydrogen) atoms. The lowest BCUT2D eigenvalue weighted by Crippen LogP contribution is -2.30. The molecule has 0 bridgehead atoms. The Hall–Kier alpha value is -3.23. The number of thiazole rings is 1. The Morgan fingerprint density at radius 1 is 1.16 bits per heavy atom. The first-order valence-electron chi connectivity index (χ1n) is 10.0. The van der Waals surface area contributed by atoms with Gasteiger partial charge in [-0.05, 0) is 36.8 Å². The fourth-order valence-electron chi connectivity index (χ4n) is 3.31. The van der Waals surface area contributed by atoms with Crippen LogP contribution in [-0.2, 0) is 20.9 Å². The minimum absolute atomic E-state index is 0.00815. The monoisotopic (exact) mass is 469 g/mol. The Bertz CT molecular complexity index is 1150. The number of halogens is 1. The maximum Gasteiger partial charge on any atom is 0.325 e. The Morgan fingerprint density at radius 2 is 1.94 bits per heavy atom. The zero-order valence-corrected chi connectivity index (χ0v) is 18.6. The van der Waals surface area contributed by atoms with E-state index in [1.807, 2.05) is 18.2 Å². The summed E-state index contributed by atoms with van der Waals surface area (Å²) in [6.07, 6.45) is 1.39. The van der Waals surface area contributed by atoms with E-state index in [2.05, 4.69) is 10.3 Å². The molecule has 1 fully saturated rings. The number of hydrogen-bond donors (Lipinski definition) is 1. The summed E-state index contributed by atoms with van der Waals surface area (Å²) in [5, 5.41) is 5.69. The van der Waals surface area contributed by atoms with Crippen LogP contribution in [0, 0.1) is 0 Å². The van der Waals surface area contributed by atoms with Crippen LogP contribution in [0.3, 0.4) is 0 Å². The molecule has 7 nitrogen and oxygen atoms in total. The van der Waals surface area contributed by atoms with Crippen molar-refractivity contribution in [1.29, 1.82) is 0 Å². The second kappa shape index (κ2) is 9.93. The molecule has 2 amide bonds. The second-order valence-electron chi connectivity index (χ2n) is 7.16. The number of esters is 1. The molecular formula is C23H20ClN3O4S. The van der Waals surface area contributed by atoms with Crippen LogP contribution in [0.4, 0.5) is 5.69 Å². The molecule has 2 heterocycles. The highest BCUT2D eigenvalue weighted by atomic mass is 35.5. The highest BCUT2D eigenvalue weighted by molar-refractivity contribution is 7.13. The van der Waals surface area contributed by atoms with Gasteiger partial charge in [0.05, 0.1) is 10.7 Å². The van der Waals surface area contributed by atoms with Crippen LogP contribution in [0.25, 0.3) is 10.6 Å². The van der Waals surface area contributed by atoms with E-state index < -0.39 is 11.9 Å². The van der Waals surface area contributed by atoms with Gasteiger partial charge in [-0.15, -0.1) is 11.3 Å². The van der Waals surface area contributed by atoms with Crippen molar-refractivity contribution in [3.05, 3.63) is 70.2 Å². The molecule has 0 spiro atoms. The summed E-state index contributed by atoms with van der Waals surface area (Å²) in [6, 6.07) is 14.1. The van der Waals surface area contributed by atoms with Crippen molar-refractivity contribution in [3.8, 4) is 10.6 Å². The average Bonchev–Trinajstić information content (AvgIpc) is 3.45. The van der Waals surface area contributed by atoms with Gasteiger partial charge in [-0.2, -0.15) is 0 Å². The van der Waals surface area contributed by atoms with Crippen LogP contribution in [0.15, 0.2) is 53.9 Å². The molecule has 0 unspecified atom stereocenters. The molecule has 1 aliphatic rings. The zero-order valence-electron chi connectivity index (χ0n) is 17.0. The smallest absolute Gasteiger partial charge is 0.325 e. The minimum Gasteiger partial charge on any atom is -0.458 e. The Morgan fingerprint density at radius 3 is 2.66 bits per heavy atom. The highest BCUT2D eigenvalue weighted by Crippen LogP contribution is 2.30. The normalized spacial score (nSPS) is 13.3. The average molecular weight is 470 g/mol. The number of carbonyl (C=O) groups is 3. The summed E-state index contributed by atoms with van der Waals surface area (Å²) in [7, 11) is 0. The Kier molecular flexibility index (Phi) is 6.82. The van der Waals surface area contributed by atoms with Gasteiger partial charge in [-0.1, -0.05) is 29.8 Å². The number of anilines is 1. The number of amides is 2. The van der Waals surface area contributed by atoms with Crippen molar-refractivity contribution in [2.75, 3.05) is 18.0 Å². The topological polar surface area (TPSA) is 88.6 Å². The van der Waals surface area contributed by atoms with Gasteiger partial charge in [-0.25, -0.2) is 4.98 Å². The molecule has 2 aromatic carbocycles. The van der Waals surface area contributed by atoms with Crippen LogP contribution < -0.4 is 10.2 Å². The van der Waals surface area contributed by atoms with Crippen molar-refractivity contribution in [1.82, 2.24) is 10.3 Å². The van der Waals surface area contributed by atoms with Gasteiger partial charge in [-0.3, -0.25) is 14.4 Å². The zero-order chi connectivity index (χ0) is 22.5. The van der Waals surface area contributed by atoms with E-state index in [1.54, 1.807) is 40.6 Å². The predicted molar refractivity (Wildman–Crippen MR) is 123 cm³/mol. The van der Waals surface area contributed by atoms with E-state index in [4.69, 9.17) is 16.3 Å². The minimum atomic E-state index is -0.565. The van der Waals surface area contributed by atoms with E-state index in [0.717, 1.165) is 22.7 Å². The van der Waals surface area contributed by atoms with Crippen molar-refractivity contribution in [2.45, 2.75) is 19.4 Å². The number of rotatable bonds is 7. The van der Waals surface area contributed by atoms with Gasteiger partial charge < -0.3 is 15.0 Å². The maximum absolute atomic E-state index is 12.3. The number of benzene rings is 2. The van der Waals surface area contributed by atoms with E-state index in [0.29, 0.717) is 29.2 Å². The number of aromatic nitrogens is 1. The van der Waals surface area contributed by atoms with E-state index in [-0.39, 0.29) is 19.1 Å². The maximum atomic E-state index is 12.3. The molecule has 1 aliphatic heterocycles. The van der Waals surface area contributed by atoms with Gasteiger partial charge in [0.1, 0.15) is 18.2 Å². The summed E-state index contributed by atoms with van der Waals surface area (Å²) in [5.41, 5.74) is 2.60. The number of ether oxygens (including phenoxy) is 1. The molecule has 9 heteroatoms. The highest BCUT2D eigenvalue weighted by Gasteiger charge is 2.21. The van der Waals surface area contributed by atoms with Crippen LogP contribution in [-0.4, -0.2) is 35.9 Å². The molecule has 0 aliphatic carbocycles. The lowest BCUT2D eigenvalue weighted by atomic mass is 10.2. The van der Waals surface area contributed by atoms with Gasteiger partial charge >= 0.3 is 5.97 Å². The Labute approximate surface area is 194 Å². The summed E-state index contributed by atoms with van der Waals surface area (Å²) in [6.45, 7) is 0.440. The molecular weight excluding hydrogens is 450 g/mol. The lowest BCUT2D eigenvalue weighted by Gasteiger charge is -2.15. The molecule has 0 radical (unpaired) electrons. The molecule has 0 saturated carbocycles. The standard InChI is InChI=1S/C23H20ClN3O4S/c24-19-5-2-1-4-18(19)23-26-16(14-32-23)13-31-21(29)12-25-22(30)15-7-9-17(10-8-15)27-11-3-6-20(27)28/h1-2,4-5,7-10,14H,3,6,11-13H2,(H,25,30). The van der Waals surface area contributed by atoms with Crippen molar-refractivity contribution in [2.24, 2.45) is 0 Å². The first-order chi connectivity index (χ1) is 15.5. The lowest BCUT2D eigenvalue weighted by molar-refractivity contribution is -0.143. The third-order valence-electron chi connectivity index (χ3n) is 4.94. The van der Waals surface area contributed by atoms with Gasteiger partial charge in [0, 0.05) is 35.2 Å². The van der Waals surface area contributed by atoms with E-state index in [1.165, 1.54) is 11.3 Å². The molecule has 164 valence electrons. The number of carbonyl (C=O) groups excluding carboxylic acids is 3. The van der Waals surface area contributed by atoms with Crippen LogP contribution in [0.2, 0.25) is 5.02 Å². The van der Waals surface area contributed by atoms with Crippen LogP contribution >= 0.6 is 22.9 Å². The van der Waals surface area contributed by atoms with Gasteiger partial charge in [0.15, 0.2) is 0 Å². The summed E-state index contributed by atoms with van der Waals surface area (Å²) in [4.78, 5) is 42.3. The first-order valence-corrected chi connectivity index (χ1v) is 11.3. The second-order valence-corrected chi connectivity index (χ2v) is 8.43. The molecule has 4 rings (SSSR count). The largest absolute Gasteiger partial charge is 0.458 e. The summed E-state index contributed by atoms with van der Waals surface area (Å²) >= 11 is 7.60. The van der Waals surface area contributed by atoms with Crippen molar-refractivity contribution >= 4 is 46.4 Å². The van der Waals surface area contributed by atoms with Crippen LogP contribution in [0.5, 0.6) is 0 Å². The van der Waals surface area contributed by atoms with Gasteiger partial charge in [0.2, 0.25) is 5.91 Å². The third-order valence-corrected chi connectivity index (χ3v) is 6.20. The van der Waals surface area contributed by atoms with Gasteiger partial charge in [0.25, 0.3) is 5.91 Å². The SMILES string of the molecule is O=C(CNC(=O)c1ccc(N2CCCC2=O)cc1)OCc1csc(-c2ccccc2Cl)n1. The van der Waals surface area contributed by atoms with E-state index >= 15 is 0 Å². The van der Waals surface area contributed by atoms with Crippen molar-refractivity contribution < 1.29 is 19.1 Å². The number of hydrogen-bond acceptors (Lipinski definition) is 6. The number of nitrogens with zero attached hydrogens (tertiary/aromatic N) is 2.